The van der Waals surface area contributed by atoms with Crippen LogP contribution in [0.15, 0.2) is 47.0 Å². The van der Waals surface area contributed by atoms with Crippen LogP contribution in [0.3, 0.4) is 0 Å². The number of ether oxygens (including phenoxy) is 1. The van der Waals surface area contributed by atoms with Crippen molar-refractivity contribution in [2.45, 2.75) is 45.7 Å². The molecule has 208 valence electrons. The molecule has 1 aliphatic heterocycles. The molecule has 0 unspecified atom stereocenters. The van der Waals surface area contributed by atoms with Crippen molar-refractivity contribution in [3.8, 4) is 16.9 Å². The molecule has 1 saturated heterocycles. The number of nitrogens with zero attached hydrogens (tertiary/aromatic N) is 4. The fourth-order valence-corrected chi connectivity index (χ4v) is 5.87. The molecule has 2 aromatic carbocycles. The van der Waals surface area contributed by atoms with Gasteiger partial charge in [-0.15, -0.1) is 0 Å². The van der Waals surface area contributed by atoms with E-state index in [0.29, 0.717) is 11.9 Å². The van der Waals surface area contributed by atoms with Gasteiger partial charge in [-0.25, -0.2) is 9.97 Å². The van der Waals surface area contributed by atoms with Gasteiger partial charge in [0.05, 0.1) is 29.8 Å². The molecule has 9 heteroatoms. The summed E-state index contributed by atoms with van der Waals surface area (Å²) in [5.74, 6) is 3.01. The lowest BCUT2D eigenvalue weighted by atomic mass is 10.0. The standard InChI is InChI=1S/C31H37N7O2/c1-18-28(19(2)40-37-18)24-15-25-23(16-27(24)39-5)29-30(35-25)33-20(3)34-31(29)36-26(21-9-7-6-8-10-21)17-32-22-11-13-38(4)14-12-22/h6-10,15-16,22,26,32H,11-14,17H2,1-5H3,(H2,33,34,35,36)/t26-/m1/s1. The molecule has 40 heavy (non-hydrogen) atoms. The fourth-order valence-electron chi connectivity index (χ4n) is 5.87. The lowest BCUT2D eigenvalue weighted by Crippen LogP contribution is -2.43. The molecule has 4 heterocycles. The normalized spacial score (nSPS) is 15.6. The van der Waals surface area contributed by atoms with E-state index < -0.39 is 0 Å². The van der Waals surface area contributed by atoms with E-state index in [0.717, 1.165) is 88.6 Å². The third-order valence-electron chi connectivity index (χ3n) is 8.03. The molecule has 0 saturated carbocycles. The average molecular weight is 540 g/mol. The van der Waals surface area contributed by atoms with Crippen molar-refractivity contribution in [2.24, 2.45) is 0 Å². The third kappa shape index (κ3) is 5.02. The highest BCUT2D eigenvalue weighted by molar-refractivity contribution is 6.12. The van der Waals surface area contributed by atoms with Crippen LogP contribution in [-0.2, 0) is 0 Å². The van der Waals surface area contributed by atoms with Crippen molar-refractivity contribution < 1.29 is 9.26 Å². The molecule has 3 N–H and O–H groups in total. The van der Waals surface area contributed by atoms with Crippen molar-refractivity contribution in [3.63, 3.8) is 0 Å². The van der Waals surface area contributed by atoms with Gasteiger partial charge in [-0.3, -0.25) is 0 Å². The molecular formula is C31H37N7O2. The Morgan fingerprint density at radius 2 is 1.88 bits per heavy atom. The number of piperidine rings is 1. The van der Waals surface area contributed by atoms with Gasteiger partial charge in [-0.1, -0.05) is 35.5 Å². The minimum absolute atomic E-state index is 0.0341. The quantitative estimate of drug-likeness (QED) is 0.236. The van der Waals surface area contributed by atoms with E-state index in [1.165, 1.54) is 5.56 Å². The number of likely N-dealkylation sites (tertiary alicyclic amines) is 1. The van der Waals surface area contributed by atoms with Crippen molar-refractivity contribution in [3.05, 3.63) is 65.3 Å². The van der Waals surface area contributed by atoms with Crippen LogP contribution in [0.5, 0.6) is 5.75 Å². The lowest BCUT2D eigenvalue weighted by Gasteiger charge is -2.31. The monoisotopic (exact) mass is 539 g/mol. The molecule has 9 nitrogen and oxygen atoms in total. The molecule has 0 amide bonds. The molecule has 5 aromatic rings. The first kappa shape index (κ1) is 26.3. The van der Waals surface area contributed by atoms with Crippen LogP contribution in [0.4, 0.5) is 5.82 Å². The highest BCUT2D eigenvalue weighted by Crippen LogP contribution is 2.41. The van der Waals surface area contributed by atoms with E-state index in [1.54, 1.807) is 7.11 Å². The Balaban J connectivity index is 1.41. The topological polar surface area (TPSA) is 104 Å². The summed E-state index contributed by atoms with van der Waals surface area (Å²) in [5.41, 5.74) is 5.66. The highest BCUT2D eigenvalue weighted by Gasteiger charge is 2.23. The SMILES string of the molecule is COc1cc2c(cc1-c1c(C)noc1C)[nH]c1nc(C)nc(N[C@H](CNC3CCN(C)CC3)c3ccccc3)c12. The maximum absolute atomic E-state index is 5.87. The second kappa shape index (κ2) is 10.9. The van der Waals surface area contributed by atoms with Crippen molar-refractivity contribution in [2.75, 3.05) is 39.1 Å². The van der Waals surface area contributed by atoms with Gasteiger partial charge in [0.25, 0.3) is 0 Å². The second-order valence-electron chi connectivity index (χ2n) is 10.9. The van der Waals surface area contributed by atoms with Crippen LogP contribution < -0.4 is 15.4 Å². The zero-order valence-electron chi connectivity index (χ0n) is 23.8. The maximum Gasteiger partial charge on any atom is 0.144 e. The van der Waals surface area contributed by atoms with Gasteiger partial charge in [-0.2, -0.15) is 0 Å². The second-order valence-corrected chi connectivity index (χ2v) is 10.9. The molecule has 1 atom stereocenters. The van der Waals surface area contributed by atoms with E-state index in [2.05, 4.69) is 75.2 Å². The molecule has 0 bridgehead atoms. The summed E-state index contributed by atoms with van der Waals surface area (Å²) in [5, 5.41) is 13.7. The first-order valence-corrected chi connectivity index (χ1v) is 14.0. The zero-order chi connectivity index (χ0) is 27.8. The molecule has 1 fully saturated rings. The summed E-state index contributed by atoms with van der Waals surface area (Å²) >= 11 is 0. The van der Waals surface area contributed by atoms with Gasteiger partial charge in [-0.05, 0) is 71.4 Å². The Kier molecular flexibility index (Phi) is 7.16. The Morgan fingerprint density at radius 3 is 2.58 bits per heavy atom. The van der Waals surface area contributed by atoms with Gasteiger partial charge in [0.15, 0.2) is 0 Å². The van der Waals surface area contributed by atoms with Crippen LogP contribution in [0.1, 0.15) is 41.7 Å². The number of methoxy groups -OCH3 is 1. The Hall–Kier alpha value is -3.95. The number of aryl methyl sites for hydroxylation is 3. The predicted molar refractivity (Wildman–Crippen MR) is 159 cm³/mol. The van der Waals surface area contributed by atoms with Crippen LogP contribution in [0, 0.1) is 20.8 Å². The molecule has 0 spiro atoms. The molecule has 6 rings (SSSR count). The molecular weight excluding hydrogens is 502 g/mol. The van der Waals surface area contributed by atoms with E-state index in [9.17, 15) is 0 Å². The van der Waals surface area contributed by atoms with Gasteiger partial charge in [0.1, 0.15) is 28.8 Å². The molecule has 1 aliphatic rings. The predicted octanol–water partition coefficient (Wildman–Crippen LogP) is 5.54. The van der Waals surface area contributed by atoms with E-state index in [4.69, 9.17) is 19.2 Å². The number of aromatic nitrogens is 4. The third-order valence-corrected chi connectivity index (χ3v) is 8.03. The number of fused-ring (bicyclic) bond motifs is 3. The van der Waals surface area contributed by atoms with E-state index in [-0.39, 0.29) is 6.04 Å². The number of rotatable bonds is 8. The van der Waals surface area contributed by atoms with Gasteiger partial charge >= 0.3 is 0 Å². The molecule has 0 radical (unpaired) electrons. The summed E-state index contributed by atoms with van der Waals surface area (Å²) in [6, 6.07) is 15.3. The minimum Gasteiger partial charge on any atom is -0.496 e. The Bertz CT molecular complexity index is 1620. The number of benzene rings is 2. The number of H-pyrrole nitrogens is 1. The number of hydrogen-bond donors (Lipinski definition) is 3. The van der Waals surface area contributed by atoms with Gasteiger partial charge in [0, 0.05) is 29.1 Å². The number of aromatic amines is 1. The van der Waals surface area contributed by atoms with Crippen LogP contribution in [0.25, 0.3) is 33.1 Å². The van der Waals surface area contributed by atoms with Gasteiger partial charge < -0.3 is 29.8 Å². The summed E-state index contributed by atoms with van der Waals surface area (Å²) in [4.78, 5) is 15.6. The van der Waals surface area contributed by atoms with Crippen LogP contribution in [-0.4, -0.2) is 64.8 Å². The first-order valence-electron chi connectivity index (χ1n) is 14.0. The first-order chi connectivity index (χ1) is 19.4. The lowest BCUT2D eigenvalue weighted by molar-refractivity contribution is 0.234. The largest absolute Gasteiger partial charge is 0.496 e. The van der Waals surface area contributed by atoms with Crippen LogP contribution in [0.2, 0.25) is 0 Å². The average Bonchev–Trinajstić information content (AvgIpc) is 3.49. The summed E-state index contributed by atoms with van der Waals surface area (Å²) in [6.45, 7) is 8.84. The van der Waals surface area contributed by atoms with Crippen LogP contribution >= 0.6 is 0 Å². The molecule has 3 aromatic heterocycles. The number of nitrogens with one attached hydrogen (secondary N) is 3. The van der Waals surface area contributed by atoms with Gasteiger partial charge in [0.2, 0.25) is 0 Å². The molecule has 0 aliphatic carbocycles. The Morgan fingerprint density at radius 1 is 1.10 bits per heavy atom. The smallest absolute Gasteiger partial charge is 0.144 e. The van der Waals surface area contributed by atoms with Crippen molar-refractivity contribution >= 4 is 27.8 Å². The minimum atomic E-state index is 0.0341. The van der Waals surface area contributed by atoms with E-state index >= 15 is 0 Å². The van der Waals surface area contributed by atoms with E-state index in [1.807, 2.05) is 20.8 Å². The number of hydrogen-bond acceptors (Lipinski definition) is 8. The zero-order valence-corrected chi connectivity index (χ0v) is 23.8. The summed E-state index contributed by atoms with van der Waals surface area (Å²) in [7, 11) is 3.89. The van der Waals surface area contributed by atoms with Crippen molar-refractivity contribution in [1.29, 1.82) is 0 Å². The summed E-state index contributed by atoms with van der Waals surface area (Å²) < 4.78 is 11.3. The maximum atomic E-state index is 5.87. The summed E-state index contributed by atoms with van der Waals surface area (Å²) in [6.07, 6.45) is 2.31. The fraction of sp³-hybridized carbons (Fsp3) is 0.387. The Labute approximate surface area is 234 Å². The highest BCUT2D eigenvalue weighted by atomic mass is 16.5. The van der Waals surface area contributed by atoms with Crippen molar-refractivity contribution in [1.82, 2.24) is 30.3 Å². The number of anilines is 1.